The highest BCUT2D eigenvalue weighted by Crippen LogP contribution is 2.26. The molecule has 0 aliphatic heterocycles. The number of hydrogen-bond donors (Lipinski definition) is 1. The number of nitro groups is 1. The summed E-state index contributed by atoms with van der Waals surface area (Å²) in [6, 6.07) is 4.09. The minimum absolute atomic E-state index is 0.195. The third-order valence-corrected chi connectivity index (χ3v) is 2.45. The SMILES string of the molecule is O=C(O)c1cn(-c2ccc(Cl)cc2[N+](=O)[O-])cn1. The average molecular weight is 268 g/mol. The summed E-state index contributed by atoms with van der Waals surface area (Å²) < 4.78 is 1.26. The molecule has 0 aliphatic carbocycles. The normalized spacial score (nSPS) is 10.3. The molecule has 1 aromatic carbocycles. The fraction of sp³-hybridized carbons (Fsp3) is 0. The highest BCUT2D eigenvalue weighted by atomic mass is 35.5. The third-order valence-electron chi connectivity index (χ3n) is 2.21. The van der Waals surface area contributed by atoms with Crippen LogP contribution in [0, 0.1) is 10.1 Å². The topological polar surface area (TPSA) is 98.3 Å². The van der Waals surface area contributed by atoms with Gasteiger partial charge in [0.05, 0.1) is 4.92 Å². The molecule has 92 valence electrons. The summed E-state index contributed by atoms with van der Waals surface area (Å²) in [5.41, 5.74) is -0.222. The van der Waals surface area contributed by atoms with Crippen molar-refractivity contribution in [3.05, 3.63) is 51.6 Å². The van der Waals surface area contributed by atoms with Crippen LogP contribution in [0.15, 0.2) is 30.7 Å². The van der Waals surface area contributed by atoms with E-state index in [1.165, 1.54) is 35.3 Å². The van der Waals surface area contributed by atoms with Crippen molar-refractivity contribution in [3.63, 3.8) is 0 Å². The van der Waals surface area contributed by atoms with E-state index in [9.17, 15) is 14.9 Å². The summed E-state index contributed by atoms with van der Waals surface area (Å²) in [4.78, 5) is 24.6. The fourth-order valence-corrected chi connectivity index (χ4v) is 1.59. The Balaban J connectivity index is 2.55. The van der Waals surface area contributed by atoms with E-state index in [1.807, 2.05) is 0 Å². The Bertz CT molecular complexity index is 638. The third kappa shape index (κ3) is 2.16. The van der Waals surface area contributed by atoms with Gasteiger partial charge in [0.25, 0.3) is 5.69 Å². The smallest absolute Gasteiger partial charge is 0.356 e. The number of carboxylic acid groups (broad SMARTS) is 1. The Morgan fingerprint density at radius 2 is 2.22 bits per heavy atom. The van der Waals surface area contributed by atoms with E-state index in [0.717, 1.165) is 0 Å². The van der Waals surface area contributed by atoms with E-state index >= 15 is 0 Å². The van der Waals surface area contributed by atoms with Crippen molar-refractivity contribution in [2.45, 2.75) is 0 Å². The Morgan fingerprint density at radius 3 is 2.78 bits per heavy atom. The lowest BCUT2D eigenvalue weighted by Gasteiger charge is -2.03. The molecule has 7 nitrogen and oxygen atoms in total. The van der Waals surface area contributed by atoms with Gasteiger partial charge in [-0.1, -0.05) is 11.6 Å². The summed E-state index contributed by atoms with van der Waals surface area (Å²) in [5, 5.41) is 19.8. The van der Waals surface area contributed by atoms with Crippen LogP contribution in [0.2, 0.25) is 5.02 Å². The first kappa shape index (κ1) is 12.1. The molecule has 1 aromatic heterocycles. The van der Waals surface area contributed by atoms with Gasteiger partial charge in [0, 0.05) is 17.3 Å². The largest absolute Gasteiger partial charge is 0.476 e. The average Bonchev–Trinajstić information content (AvgIpc) is 2.78. The lowest BCUT2D eigenvalue weighted by Crippen LogP contribution is -1.99. The highest BCUT2D eigenvalue weighted by molar-refractivity contribution is 6.30. The van der Waals surface area contributed by atoms with Crippen LogP contribution >= 0.6 is 11.6 Å². The number of halogens is 1. The first-order valence-corrected chi connectivity index (χ1v) is 5.08. The lowest BCUT2D eigenvalue weighted by atomic mass is 10.2. The van der Waals surface area contributed by atoms with E-state index in [-0.39, 0.29) is 22.1 Å². The number of carbonyl (C=O) groups is 1. The number of nitrogens with zero attached hydrogens (tertiary/aromatic N) is 3. The molecule has 1 heterocycles. The van der Waals surface area contributed by atoms with Gasteiger partial charge in [-0.3, -0.25) is 14.7 Å². The van der Waals surface area contributed by atoms with E-state index in [1.54, 1.807) is 0 Å². The molecule has 18 heavy (non-hydrogen) atoms. The maximum Gasteiger partial charge on any atom is 0.356 e. The first-order valence-electron chi connectivity index (χ1n) is 4.70. The van der Waals surface area contributed by atoms with Gasteiger partial charge in [-0.05, 0) is 12.1 Å². The maximum absolute atomic E-state index is 10.9. The second-order valence-corrected chi connectivity index (χ2v) is 3.80. The summed E-state index contributed by atoms with van der Waals surface area (Å²) >= 11 is 5.68. The summed E-state index contributed by atoms with van der Waals surface area (Å²) in [6.45, 7) is 0. The standard InChI is InChI=1S/C10H6ClN3O4/c11-6-1-2-8(9(3-6)14(17)18)13-4-7(10(15)16)12-5-13/h1-5H,(H,15,16). The molecule has 0 bridgehead atoms. The molecule has 0 spiro atoms. The summed E-state index contributed by atoms with van der Waals surface area (Å²) in [7, 11) is 0. The van der Waals surface area contributed by atoms with E-state index < -0.39 is 10.9 Å². The van der Waals surface area contributed by atoms with E-state index in [2.05, 4.69) is 4.98 Å². The van der Waals surface area contributed by atoms with Gasteiger partial charge in [0.15, 0.2) is 5.69 Å². The summed E-state index contributed by atoms with van der Waals surface area (Å²) in [6.07, 6.45) is 2.39. The van der Waals surface area contributed by atoms with Gasteiger partial charge < -0.3 is 5.11 Å². The molecule has 1 N–H and O–H groups in total. The van der Waals surface area contributed by atoms with Crippen LogP contribution in [0.25, 0.3) is 5.69 Å². The molecule has 0 fully saturated rings. The fourth-order valence-electron chi connectivity index (χ4n) is 1.43. The van der Waals surface area contributed by atoms with Crippen LogP contribution in [-0.4, -0.2) is 25.6 Å². The molecule has 2 aromatic rings. The number of carboxylic acids is 1. The van der Waals surface area contributed by atoms with E-state index in [0.29, 0.717) is 0 Å². The van der Waals surface area contributed by atoms with Crippen molar-refractivity contribution >= 4 is 23.3 Å². The molecule has 8 heteroatoms. The van der Waals surface area contributed by atoms with Gasteiger partial charge in [0.2, 0.25) is 0 Å². The van der Waals surface area contributed by atoms with E-state index in [4.69, 9.17) is 16.7 Å². The molecule has 0 atom stereocenters. The van der Waals surface area contributed by atoms with Gasteiger partial charge in [0.1, 0.15) is 12.0 Å². The van der Waals surface area contributed by atoms with Gasteiger partial charge in [-0.25, -0.2) is 9.78 Å². The van der Waals surface area contributed by atoms with Gasteiger partial charge in [-0.15, -0.1) is 0 Å². The number of nitro benzene ring substituents is 1. The van der Waals surface area contributed by atoms with Crippen molar-refractivity contribution in [2.75, 3.05) is 0 Å². The maximum atomic E-state index is 10.9. The first-order chi connectivity index (χ1) is 8.49. The molecular formula is C10H6ClN3O4. The quantitative estimate of drug-likeness (QED) is 0.678. The van der Waals surface area contributed by atoms with Crippen molar-refractivity contribution in [1.82, 2.24) is 9.55 Å². The Hall–Kier alpha value is -2.41. The molecule has 0 saturated heterocycles. The van der Waals surface area contributed by atoms with Crippen molar-refractivity contribution in [2.24, 2.45) is 0 Å². The summed E-state index contributed by atoms with van der Waals surface area (Å²) in [5.74, 6) is -1.20. The number of aromatic nitrogens is 2. The number of benzene rings is 1. The van der Waals surface area contributed by atoms with Crippen LogP contribution in [0.4, 0.5) is 5.69 Å². The highest BCUT2D eigenvalue weighted by Gasteiger charge is 2.17. The number of rotatable bonds is 3. The number of hydrogen-bond acceptors (Lipinski definition) is 4. The van der Waals surface area contributed by atoms with Crippen LogP contribution in [-0.2, 0) is 0 Å². The molecule has 2 rings (SSSR count). The number of imidazole rings is 1. The predicted octanol–water partition coefficient (Wildman–Crippen LogP) is 2.13. The van der Waals surface area contributed by atoms with Crippen molar-refractivity contribution < 1.29 is 14.8 Å². The van der Waals surface area contributed by atoms with Crippen LogP contribution in [0.3, 0.4) is 0 Å². The molecule has 0 radical (unpaired) electrons. The molecular weight excluding hydrogens is 262 g/mol. The molecule has 0 unspecified atom stereocenters. The zero-order chi connectivity index (χ0) is 13.3. The number of aromatic carboxylic acids is 1. The monoisotopic (exact) mass is 267 g/mol. The predicted molar refractivity (Wildman–Crippen MR) is 62.2 cm³/mol. The minimum Gasteiger partial charge on any atom is -0.476 e. The lowest BCUT2D eigenvalue weighted by molar-refractivity contribution is -0.384. The molecule has 0 amide bonds. The zero-order valence-electron chi connectivity index (χ0n) is 8.78. The zero-order valence-corrected chi connectivity index (χ0v) is 9.53. The van der Waals surface area contributed by atoms with Crippen molar-refractivity contribution in [1.29, 1.82) is 0 Å². The van der Waals surface area contributed by atoms with Crippen molar-refractivity contribution in [3.8, 4) is 5.69 Å². The van der Waals surface area contributed by atoms with Crippen LogP contribution in [0.1, 0.15) is 10.5 Å². The van der Waals surface area contributed by atoms with Gasteiger partial charge in [-0.2, -0.15) is 0 Å². The van der Waals surface area contributed by atoms with Crippen LogP contribution in [0.5, 0.6) is 0 Å². The molecule has 0 saturated carbocycles. The second-order valence-electron chi connectivity index (χ2n) is 3.36. The van der Waals surface area contributed by atoms with Gasteiger partial charge >= 0.3 is 5.97 Å². The Labute approximate surface area is 105 Å². The minimum atomic E-state index is -1.20. The van der Waals surface area contributed by atoms with Crippen LogP contribution < -0.4 is 0 Å². The molecule has 0 aliphatic rings. The Morgan fingerprint density at radius 1 is 1.50 bits per heavy atom. The Kier molecular flexibility index (Phi) is 2.99. The second kappa shape index (κ2) is 4.46.